The minimum atomic E-state index is -0.758. The smallest absolute Gasteiger partial charge is 0.303 e. The van der Waals surface area contributed by atoms with E-state index in [0.29, 0.717) is 17.2 Å². The number of hydrogen-bond acceptors (Lipinski definition) is 3. The van der Waals surface area contributed by atoms with Crippen LogP contribution < -0.4 is 9.47 Å². The van der Waals surface area contributed by atoms with Crippen LogP contribution in [-0.4, -0.2) is 18.2 Å². The molecule has 0 spiro atoms. The quantitative estimate of drug-likeness (QED) is 0.427. The molecule has 0 saturated heterocycles. The highest BCUT2D eigenvalue weighted by molar-refractivity contribution is 5.68. The fraction of sp³-hybridized carbons (Fsp3) is 0.321. The van der Waals surface area contributed by atoms with Gasteiger partial charge in [0.05, 0.1) is 13.5 Å². The predicted molar refractivity (Wildman–Crippen MR) is 124 cm³/mol. The van der Waals surface area contributed by atoms with E-state index in [9.17, 15) is 14.3 Å². The molecule has 2 aliphatic carbocycles. The molecule has 0 heterocycles. The number of rotatable bonds is 8. The van der Waals surface area contributed by atoms with Crippen LogP contribution in [0.4, 0.5) is 4.39 Å². The number of benzene rings is 3. The zero-order valence-electron chi connectivity index (χ0n) is 18.6. The maximum atomic E-state index is 14.4. The Morgan fingerprint density at radius 2 is 1.91 bits per heavy atom. The third-order valence-electron chi connectivity index (χ3n) is 6.80. The monoisotopic (exact) mass is 446 g/mol. The van der Waals surface area contributed by atoms with Gasteiger partial charge in [-0.1, -0.05) is 30.3 Å². The Balaban J connectivity index is 1.36. The van der Waals surface area contributed by atoms with E-state index in [2.05, 4.69) is 0 Å². The van der Waals surface area contributed by atoms with Gasteiger partial charge in [-0.3, -0.25) is 4.79 Å². The van der Waals surface area contributed by atoms with Gasteiger partial charge >= 0.3 is 5.97 Å². The normalized spacial score (nSPS) is 17.9. The van der Waals surface area contributed by atoms with Crippen molar-refractivity contribution >= 4 is 5.97 Å². The molecule has 0 radical (unpaired) electrons. The molecule has 0 unspecified atom stereocenters. The maximum absolute atomic E-state index is 14.4. The highest BCUT2D eigenvalue weighted by Crippen LogP contribution is 2.45. The van der Waals surface area contributed by atoms with Crippen molar-refractivity contribution in [1.82, 2.24) is 0 Å². The fourth-order valence-electron chi connectivity index (χ4n) is 4.95. The molecule has 5 heteroatoms. The second-order valence-electron chi connectivity index (χ2n) is 9.02. The Kier molecular flexibility index (Phi) is 5.79. The number of carboxylic acids is 1. The van der Waals surface area contributed by atoms with Crippen LogP contribution in [-0.2, 0) is 11.2 Å². The van der Waals surface area contributed by atoms with Crippen LogP contribution in [0.3, 0.4) is 0 Å². The number of carbonyl (C=O) groups is 1. The van der Waals surface area contributed by atoms with E-state index in [1.807, 2.05) is 42.5 Å². The number of ether oxygens (including phenoxy) is 2. The van der Waals surface area contributed by atoms with Gasteiger partial charge in [0.15, 0.2) is 0 Å². The lowest BCUT2D eigenvalue weighted by Crippen LogP contribution is -2.09. The molecule has 2 aliphatic rings. The Morgan fingerprint density at radius 1 is 1.06 bits per heavy atom. The molecular formula is C28H27FO4. The number of fused-ring (bicyclic) bond motifs is 1. The summed E-state index contributed by atoms with van der Waals surface area (Å²) in [6.07, 6.45) is 3.99. The van der Waals surface area contributed by atoms with Crippen LogP contribution in [0.15, 0.2) is 60.7 Å². The lowest BCUT2D eigenvalue weighted by atomic mass is 9.91. The van der Waals surface area contributed by atoms with Crippen LogP contribution in [0.25, 0.3) is 11.1 Å². The Labute approximate surface area is 193 Å². The van der Waals surface area contributed by atoms with Crippen molar-refractivity contribution in [2.24, 2.45) is 5.92 Å². The number of aliphatic carboxylic acids is 1. The zero-order chi connectivity index (χ0) is 22.9. The molecule has 1 N–H and O–H groups in total. The van der Waals surface area contributed by atoms with Crippen molar-refractivity contribution in [3.63, 3.8) is 0 Å². The fourth-order valence-corrected chi connectivity index (χ4v) is 4.95. The van der Waals surface area contributed by atoms with Gasteiger partial charge in [0, 0.05) is 5.56 Å². The van der Waals surface area contributed by atoms with Crippen molar-refractivity contribution < 1.29 is 23.8 Å². The standard InChI is InChI=1S/C28H27FO4/c1-32-21-9-11-26(29)25(15-21)20-7-10-23-19(13-20)8-12-27(23)33-22-4-2-3-18(14-22)24(16-28(30)31)17-5-6-17/h2-4,7,9-11,13-15,17,24,27H,5-6,8,12,16H2,1H3,(H,30,31)/t24-,27+/m0/s1. The second-order valence-corrected chi connectivity index (χ2v) is 9.02. The van der Waals surface area contributed by atoms with Crippen molar-refractivity contribution in [3.05, 3.63) is 83.2 Å². The molecule has 170 valence electrons. The van der Waals surface area contributed by atoms with Gasteiger partial charge in [0.1, 0.15) is 23.4 Å². The molecule has 5 rings (SSSR count). The van der Waals surface area contributed by atoms with Crippen LogP contribution in [0, 0.1) is 11.7 Å². The first-order valence-corrected chi connectivity index (χ1v) is 11.5. The third-order valence-corrected chi connectivity index (χ3v) is 6.80. The van der Waals surface area contributed by atoms with E-state index in [-0.39, 0.29) is 24.3 Å². The van der Waals surface area contributed by atoms with Crippen LogP contribution in [0.2, 0.25) is 0 Å². The van der Waals surface area contributed by atoms with E-state index in [1.165, 1.54) is 6.07 Å². The maximum Gasteiger partial charge on any atom is 0.303 e. The number of carboxylic acid groups (broad SMARTS) is 1. The minimum absolute atomic E-state index is 0.0437. The van der Waals surface area contributed by atoms with Gasteiger partial charge in [-0.15, -0.1) is 0 Å². The summed E-state index contributed by atoms with van der Waals surface area (Å²) in [5.74, 6) is 0.863. The van der Waals surface area contributed by atoms with Gasteiger partial charge in [-0.05, 0) is 90.1 Å². The Bertz CT molecular complexity index is 1180. The highest BCUT2D eigenvalue weighted by atomic mass is 19.1. The number of methoxy groups -OCH3 is 1. The average molecular weight is 447 g/mol. The number of halogens is 1. The number of aryl methyl sites for hydroxylation is 1. The Hall–Kier alpha value is -3.34. The summed E-state index contributed by atoms with van der Waals surface area (Å²) < 4.78 is 26.1. The first-order valence-electron chi connectivity index (χ1n) is 11.5. The summed E-state index contributed by atoms with van der Waals surface area (Å²) in [7, 11) is 1.57. The molecule has 4 nitrogen and oxygen atoms in total. The topological polar surface area (TPSA) is 55.8 Å². The van der Waals surface area contributed by atoms with Crippen molar-refractivity contribution in [1.29, 1.82) is 0 Å². The lowest BCUT2D eigenvalue weighted by molar-refractivity contribution is -0.137. The molecule has 33 heavy (non-hydrogen) atoms. The molecule has 0 aromatic heterocycles. The summed E-state index contributed by atoms with van der Waals surface area (Å²) in [4.78, 5) is 11.3. The SMILES string of the molecule is COc1ccc(F)c(-c2ccc3c(c2)CC[C@H]3Oc2cccc([C@@H](CC(=O)O)C3CC3)c2)c1. The molecule has 2 atom stereocenters. The summed E-state index contributed by atoms with van der Waals surface area (Å²) in [5.41, 5.74) is 4.68. The zero-order valence-corrected chi connectivity index (χ0v) is 18.6. The van der Waals surface area contributed by atoms with Gasteiger partial charge < -0.3 is 14.6 Å². The summed E-state index contributed by atoms with van der Waals surface area (Å²) >= 11 is 0. The third kappa shape index (κ3) is 4.58. The van der Waals surface area contributed by atoms with E-state index in [4.69, 9.17) is 9.47 Å². The van der Waals surface area contributed by atoms with Gasteiger partial charge in [-0.2, -0.15) is 0 Å². The van der Waals surface area contributed by atoms with E-state index < -0.39 is 5.97 Å². The molecule has 1 saturated carbocycles. The van der Waals surface area contributed by atoms with Crippen molar-refractivity contribution in [3.8, 4) is 22.6 Å². The first-order chi connectivity index (χ1) is 16.0. The summed E-state index contributed by atoms with van der Waals surface area (Å²) in [6.45, 7) is 0. The summed E-state index contributed by atoms with van der Waals surface area (Å²) in [5, 5.41) is 9.32. The van der Waals surface area contributed by atoms with Gasteiger partial charge in [0.25, 0.3) is 0 Å². The number of hydrogen-bond donors (Lipinski definition) is 1. The van der Waals surface area contributed by atoms with Crippen LogP contribution in [0.1, 0.15) is 54.4 Å². The molecular weight excluding hydrogens is 419 g/mol. The van der Waals surface area contributed by atoms with Gasteiger partial charge in [0.2, 0.25) is 0 Å². The minimum Gasteiger partial charge on any atom is -0.497 e. The van der Waals surface area contributed by atoms with E-state index in [1.54, 1.807) is 19.2 Å². The van der Waals surface area contributed by atoms with E-state index in [0.717, 1.165) is 53.7 Å². The molecule has 3 aromatic carbocycles. The average Bonchev–Trinajstić information content (AvgIpc) is 3.59. The molecule has 1 fully saturated rings. The van der Waals surface area contributed by atoms with Crippen LogP contribution in [0.5, 0.6) is 11.5 Å². The predicted octanol–water partition coefficient (Wildman–Crippen LogP) is 6.54. The first kappa shape index (κ1) is 21.5. The molecule has 0 amide bonds. The molecule has 0 aliphatic heterocycles. The van der Waals surface area contributed by atoms with Crippen molar-refractivity contribution in [2.45, 2.75) is 44.1 Å². The van der Waals surface area contributed by atoms with Gasteiger partial charge in [-0.25, -0.2) is 4.39 Å². The van der Waals surface area contributed by atoms with Crippen LogP contribution >= 0.6 is 0 Å². The van der Waals surface area contributed by atoms with Crippen molar-refractivity contribution in [2.75, 3.05) is 7.11 Å². The second kappa shape index (κ2) is 8.89. The summed E-state index contributed by atoms with van der Waals surface area (Å²) in [6, 6.07) is 18.7. The van der Waals surface area contributed by atoms with E-state index >= 15 is 0 Å². The highest BCUT2D eigenvalue weighted by Gasteiger charge is 2.34. The molecule has 0 bridgehead atoms. The largest absolute Gasteiger partial charge is 0.497 e. The lowest BCUT2D eigenvalue weighted by Gasteiger charge is -2.19. The Morgan fingerprint density at radius 3 is 2.67 bits per heavy atom. The molecule has 3 aromatic rings.